The normalized spacial score (nSPS) is 13.0. The van der Waals surface area contributed by atoms with Crippen LogP contribution in [0.4, 0.5) is 0 Å². The number of unbranched alkanes of at least 4 members (excludes halogenated alkanes) is 14. The highest BCUT2D eigenvalue weighted by Gasteiger charge is 2.15. The van der Waals surface area contributed by atoms with Crippen LogP contribution in [0.2, 0.25) is 0 Å². The van der Waals surface area contributed by atoms with Crippen LogP contribution in [0.5, 0.6) is 0 Å². The van der Waals surface area contributed by atoms with E-state index in [-0.39, 0.29) is 18.5 Å². The Hall–Kier alpha value is -2.36. The molecule has 0 radical (unpaired) electrons. The van der Waals surface area contributed by atoms with Gasteiger partial charge in [0.25, 0.3) is 0 Å². The Morgan fingerprint density at radius 1 is 0.523 bits per heavy atom. The first-order chi connectivity index (χ1) is 21.6. The molecule has 0 amide bonds. The predicted octanol–water partition coefficient (Wildman–Crippen LogP) is 12.6. The smallest absolute Gasteiger partial charge is 0.306 e. The summed E-state index contributed by atoms with van der Waals surface area (Å²) in [6, 6.07) is 0. The van der Waals surface area contributed by atoms with Gasteiger partial charge in [-0.25, -0.2) is 0 Å². The zero-order valence-corrected chi connectivity index (χ0v) is 28.7. The lowest BCUT2D eigenvalue weighted by Gasteiger charge is -2.17. The third-order valence-corrected chi connectivity index (χ3v) is 7.77. The lowest BCUT2D eigenvalue weighted by Crippen LogP contribution is -2.19. The average Bonchev–Trinajstić information content (AvgIpc) is 3.01. The van der Waals surface area contributed by atoms with Gasteiger partial charge in [0.15, 0.2) is 0 Å². The lowest BCUT2D eigenvalue weighted by atomic mass is 10.0. The van der Waals surface area contributed by atoms with E-state index in [0.29, 0.717) is 12.8 Å². The first-order valence-electron chi connectivity index (χ1n) is 18.3. The summed E-state index contributed by atoms with van der Waals surface area (Å²) in [5, 5.41) is 9.09. The van der Waals surface area contributed by atoms with E-state index in [9.17, 15) is 9.59 Å². The molecule has 0 aliphatic carbocycles. The largest absolute Gasteiger partial charge is 0.481 e. The Morgan fingerprint density at radius 2 is 0.977 bits per heavy atom. The van der Waals surface area contributed by atoms with Crippen molar-refractivity contribution in [3.05, 3.63) is 60.8 Å². The van der Waals surface area contributed by atoms with Gasteiger partial charge in [0, 0.05) is 12.8 Å². The second-order valence-electron chi connectivity index (χ2n) is 12.0. The number of carbonyl (C=O) groups excluding carboxylic acids is 1. The van der Waals surface area contributed by atoms with E-state index in [1.165, 1.54) is 64.2 Å². The van der Waals surface area contributed by atoms with Gasteiger partial charge in [-0.3, -0.25) is 9.59 Å². The van der Waals surface area contributed by atoms with Crippen molar-refractivity contribution in [1.29, 1.82) is 0 Å². The molecule has 0 rings (SSSR count). The molecule has 0 bridgehead atoms. The van der Waals surface area contributed by atoms with E-state index in [0.717, 1.165) is 77.0 Å². The highest BCUT2D eigenvalue weighted by molar-refractivity contribution is 5.69. The highest BCUT2D eigenvalue weighted by Crippen LogP contribution is 2.17. The minimum atomic E-state index is -0.823. The number of allylic oxidation sites excluding steroid dienone is 10. The van der Waals surface area contributed by atoms with Crippen LogP contribution < -0.4 is 0 Å². The van der Waals surface area contributed by atoms with Gasteiger partial charge in [0.1, 0.15) is 6.10 Å². The minimum absolute atomic E-state index is 0.0590. The first kappa shape index (κ1) is 41.6. The Bertz CT molecular complexity index is 789. The van der Waals surface area contributed by atoms with Gasteiger partial charge in [-0.15, -0.1) is 0 Å². The molecule has 0 heterocycles. The number of rotatable bonds is 32. The molecule has 0 saturated heterocycles. The molecule has 4 nitrogen and oxygen atoms in total. The number of hydrogen-bond donors (Lipinski definition) is 1. The summed E-state index contributed by atoms with van der Waals surface area (Å²) < 4.78 is 5.70. The second-order valence-corrected chi connectivity index (χ2v) is 12.0. The van der Waals surface area contributed by atoms with Crippen molar-refractivity contribution in [1.82, 2.24) is 0 Å². The third kappa shape index (κ3) is 34.1. The van der Waals surface area contributed by atoms with E-state index in [2.05, 4.69) is 74.6 Å². The van der Waals surface area contributed by atoms with E-state index >= 15 is 0 Å². The van der Waals surface area contributed by atoms with E-state index in [4.69, 9.17) is 9.84 Å². The van der Waals surface area contributed by atoms with Crippen LogP contribution in [0, 0.1) is 0 Å². The molecule has 1 N–H and O–H groups in total. The molecule has 0 aliphatic heterocycles. The molecule has 252 valence electrons. The van der Waals surface area contributed by atoms with Crippen LogP contribution in [0.3, 0.4) is 0 Å². The van der Waals surface area contributed by atoms with Gasteiger partial charge in [0.05, 0.1) is 0 Å². The number of carbonyl (C=O) groups is 2. The van der Waals surface area contributed by atoms with Gasteiger partial charge in [-0.2, -0.15) is 0 Å². The summed E-state index contributed by atoms with van der Waals surface area (Å²) in [7, 11) is 0. The molecule has 0 aliphatic rings. The second kappa shape index (κ2) is 35.1. The van der Waals surface area contributed by atoms with Crippen molar-refractivity contribution in [3.8, 4) is 0 Å². The molecule has 1 atom stereocenters. The summed E-state index contributed by atoms with van der Waals surface area (Å²) >= 11 is 0. The number of hydrogen-bond acceptors (Lipinski definition) is 3. The van der Waals surface area contributed by atoms with E-state index in [1.807, 2.05) is 0 Å². The number of ether oxygens (including phenoxy) is 1. The molecule has 4 heteroatoms. The van der Waals surface area contributed by atoms with Crippen LogP contribution in [-0.4, -0.2) is 23.1 Å². The molecule has 0 aromatic heterocycles. The Labute approximate surface area is 272 Å². The molecular formula is C40H68O4. The van der Waals surface area contributed by atoms with Crippen molar-refractivity contribution < 1.29 is 19.4 Å². The Balaban J connectivity index is 3.86. The fourth-order valence-corrected chi connectivity index (χ4v) is 5.08. The summed E-state index contributed by atoms with van der Waals surface area (Å²) in [5.74, 6) is -0.995. The van der Waals surface area contributed by atoms with Crippen molar-refractivity contribution in [3.63, 3.8) is 0 Å². The average molecular weight is 613 g/mol. The van der Waals surface area contributed by atoms with Gasteiger partial charge in [-0.1, -0.05) is 152 Å². The quantitative estimate of drug-likeness (QED) is 0.0466. The summed E-state index contributed by atoms with van der Waals surface area (Å²) in [5.41, 5.74) is 0. The standard InChI is InChI=1S/C40H68O4/c1-3-5-7-9-11-13-15-17-18-19-20-21-22-23-25-27-29-31-33-35-40(43)44-38(36-37-39(41)42)34-32-30-28-26-24-16-14-12-10-8-6-4-2/h5,7,11,13,17-18,20-21,23,25,38H,3-4,6,8-10,12,14-16,19,22,24,26-37H2,1-2H3,(H,41,42)/b7-5-,13-11-,18-17-,21-20-,25-23-. The maximum Gasteiger partial charge on any atom is 0.306 e. The van der Waals surface area contributed by atoms with Gasteiger partial charge in [-0.05, 0) is 70.6 Å². The van der Waals surface area contributed by atoms with Crippen molar-refractivity contribution >= 4 is 11.9 Å². The van der Waals surface area contributed by atoms with Crippen molar-refractivity contribution in [2.75, 3.05) is 0 Å². The number of carboxylic acid groups (broad SMARTS) is 1. The fraction of sp³-hybridized carbons (Fsp3) is 0.700. The fourth-order valence-electron chi connectivity index (χ4n) is 5.08. The summed E-state index contributed by atoms with van der Waals surface area (Å²) in [4.78, 5) is 23.5. The molecule has 0 fully saturated rings. The SMILES string of the molecule is CC/C=C\C/C=C\C/C=C\C/C=C\C/C=C\CCCCCC(=O)OC(CCCCCCCCCCCCCC)CCC(=O)O. The number of aliphatic carboxylic acids is 1. The minimum Gasteiger partial charge on any atom is -0.481 e. The van der Waals surface area contributed by atoms with E-state index in [1.54, 1.807) is 0 Å². The van der Waals surface area contributed by atoms with Crippen LogP contribution in [0.1, 0.15) is 174 Å². The molecule has 0 aromatic rings. The number of carboxylic acids is 1. The molecular weight excluding hydrogens is 544 g/mol. The van der Waals surface area contributed by atoms with Gasteiger partial charge in [0.2, 0.25) is 0 Å². The van der Waals surface area contributed by atoms with Crippen molar-refractivity contribution in [2.45, 2.75) is 180 Å². The predicted molar refractivity (Wildman–Crippen MR) is 190 cm³/mol. The van der Waals surface area contributed by atoms with Gasteiger partial charge < -0.3 is 9.84 Å². The van der Waals surface area contributed by atoms with Gasteiger partial charge >= 0.3 is 11.9 Å². The lowest BCUT2D eigenvalue weighted by molar-refractivity contribution is -0.151. The molecule has 0 saturated carbocycles. The molecule has 44 heavy (non-hydrogen) atoms. The highest BCUT2D eigenvalue weighted by atomic mass is 16.5. The zero-order chi connectivity index (χ0) is 32.2. The Morgan fingerprint density at radius 3 is 1.48 bits per heavy atom. The monoisotopic (exact) mass is 613 g/mol. The topological polar surface area (TPSA) is 63.6 Å². The van der Waals surface area contributed by atoms with Crippen LogP contribution in [0.25, 0.3) is 0 Å². The molecule has 0 aromatic carbocycles. The van der Waals surface area contributed by atoms with Crippen molar-refractivity contribution in [2.24, 2.45) is 0 Å². The number of esters is 1. The maximum absolute atomic E-state index is 12.4. The Kier molecular flexibility index (Phi) is 33.2. The summed E-state index contributed by atoms with van der Waals surface area (Å²) in [6.07, 6.45) is 48.0. The summed E-state index contributed by atoms with van der Waals surface area (Å²) in [6.45, 7) is 4.41. The molecule has 1 unspecified atom stereocenters. The maximum atomic E-state index is 12.4. The van der Waals surface area contributed by atoms with Crippen LogP contribution >= 0.6 is 0 Å². The zero-order valence-electron chi connectivity index (χ0n) is 28.7. The van der Waals surface area contributed by atoms with Crippen LogP contribution in [-0.2, 0) is 14.3 Å². The van der Waals surface area contributed by atoms with Crippen LogP contribution in [0.15, 0.2) is 60.8 Å². The van der Waals surface area contributed by atoms with E-state index < -0.39 is 5.97 Å². The molecule has 0 spiro atoms. The first-order valence-corrected chi connectivity index (χ1v) is 18.3. The third-order valence-electron chi connectivity index (χ3n) is 7.77.